The molecule has 1 aliphatic carbocycles. The van der Waals surface area contributed by atoms with E-state index in [4.69, 9.17) is 4.98 Å². The molecule has 0 unspecified atom stereocenters. The maximum Gasteiger partial charge on any atom is 0.0936 e. The van der Waals surface area contributed by atoms with E-state index < -0.39 is 0 Å². The maximum absolute atomic E-state index is 4.70. The van der Waals surface area contributed by atoms with E-state index in [0.29, 0.717) is 5.41 Å². The first-order valence-electron chi connectivity index (χ1n) is 6.79. The quantitative estimate of drug-likeness (QED) is 0.784. The number of hydrogen-bond acceptors (Lipinski definition) is 3. The average Bonchev–Trinajstić information content (AvgIpc) is 2.54. The van der Waals surface area contributed by atoms with Gasteiger partial charge in [0.25, 0.3) is 0 Å². The first kappa shape index (κ1) is 13.0. The number of aromatic nitrogens is 1. The monoisotopic (exact) mass is 252 g/mol. The standard InChI is InChI=1S/C14H24N2S/c1-4-8-15-10-14(6-5-7-14)9-13-16-11(2)12(3)17-13/h15H,4-10H2,1-3H3. The molecule has 1 fully saturated rings. The highest BCUT2D eigenvalue weighted by molar-refractivity contribution is 7.11. The van der Waals surface area contributed by atoms with Crippen LogP contribution in [0.4, 0.5) is 0 Å². The second-order valence-electron chi connectivity index (χ2n) is 5.46. The van der Waals surface area contributed by atoms with Gasteiger partial charge in [-0.15, -0.1) is 11.3 Å². The van der Waals surface area contributed by atoms with Gasteiger partial charge in [-0.05, 0) is 45.1 Å². The smallest absolute Gasteiger partial charge is 0.0936 e. The van der Waals surface area contributed by atoms with E-state index in [1.54, 1.807) is 0 Å². The van der Waals surface area contributed by atoms with Crippen molar-refractivity contribution in [2.75, 3.05) is 13.1 Å². The van der Waals surface area contributed by atoms with Crippen LogP contribution in [0.15, 0.2) is 0 Å². The Hall–Kier alpha value is -0.410. The first-order valence-corrected chi connectivity index (χ1v) is 7.60. The normalized spacial score (nSPS) is 18.1. The van der Waals surface area contributed by atoms with E-state index in [9.17, 15) is 0 Å². The van der Waals surface area contributed by atoms with Crippen molar-refractivity contribution in [3.05, 3.63) is 15.6 Å². The molecule has 0 aliphatic heterocycles. The predicted molar refractivity (Wildman–Crippen MR) is 74.7 cm³/mol. The lowest BCUT2D eigenvalue weighted by atomic mass is 9.66. The molecule has 17 heavy (non-hydrogen) atoms. The SMILES string of the molecule is CCCNCC1(Cc2nc(C)c(C)s2)CCC1. The molecule has 1 N–H and O–H groups in total. The van der Waals surface area contributed by atoms with Crippen LogP contribution in [0.3, 0.4) is 0 Å². The Balaban J connectivity index is 1.94. The van der Waals surface area contributed by atoms with Gasteiger partial charge in [0.05, 0.1) is 10.7 Å². The second-order valence-corrected chi connectivity index (χ2v) is 6.74. The third-order valence-corrected chi connectivity index (χ3v) is 5.01. The molecule has 0 aromatic carbocycles. The topological polar surface area (TPSA) is 24.9 Å². The first-order chi connectivity index (χ1) is 8.15. The van der Waals surface area contributed by atoms with Crippen LogP contribution in [0.5, 0.6) is 0 Å². The molecule has 0 spiro atoms. The third-order valence-electron chi connectivity index (χ3n) is 3.94. The van der Waals surface area contributed by atoms with Crippen molar-refractivity contribution in [1.29, 1.82) is 0 Å². The minimum atomic E-state index is 0.520. The number of nitrogens with zero attached hydrogens (tertiary/aromatic N) is 1. The van der Waals surface area contributed by atoms with Gasteiger partial charge in [-0.3, -0.25) is 0 Å². The zero-order chi connectivity index (χ0) is 12.3. The Morgan fingerprint density at radius 1 is 1.35 bits per heavy atom. The van der Waals surface area contributed by atoms with E-state index in [1.807, 2.05) is 11.3 Å². The molecule has 2 nitrogen and oxygen atoms in total. The van der Waals surface area contributed by atoms with E-state index in [0.717, 1.165) is 6.54 Å². The van der Waals surface area contributed by atoms with E-state index in [-0.39, 0.29) is 0 Å². The average molecular weight is 252 g/mol. The van der Waals surface area contributed by atoms with Gasteiger partial charge in [-0.25, -0.2) is 4.98 Å². The molecule has 1 aromatic rings. The summed E-state index contributed by atoms with van der Waals surface area (Å²) in [4.78, 5) is 6.08. The summed E-state index contributed by atoms with van der Waals surface area (Å²) in [6.45, 7) is 8.86. The molecule has 3 heteroatoms. The summed E-state index contributed by atoms with van der Waals surface area (Å²) in [5, 5.41) is 4.94. The van der Waals surface area contributed by atoms with Crippen LogP contribution in [-0.4, -0.2) is 18.1 Å². The molecule has 96 valence electrons. The zero-order valence-electron chi connectivity index (χ0n) is 11.3. The van der Waals surface area contributed by atoms with Crippen LogP contribution in [0.25, 0.3) is 0 Å². The van der Waals surface area contributed by atoms with Crippen LogP contribution in [0.1, 0.15) is 48.2 Å². The fourth-order valence-corrected chi connectivity index (χ4v) is 3.67. The highest BCUT2D eigenvalue weighted by Crippen LogP contribution is 2.43. The fourth-order valence-electron chi connectivity index (χ4n) is 2.56. The van der Waals surface area contributed by atoms with Gasteiger partial charge in [0, 0.05) is 17.8 Å². The van der Waals surface area contributed by atoms with Crippen molar-refractivity contribution in [2.24, 2.45) is 5.41 Å². The molecule has 0 amide bonds. The molecule has 0 radical (unpaired) electrons. The van der Waals surface area contributed by atoms with Crippen molar-refractivity contribution in [1.82, 2.24) is 10.3 Å². The second kappa shape index (κ2) is 5.49. The largest absolute Gasteiger partial charge is 0.316 e. The van der Waals surface area contributed by atoms with Gasteiger partial charge in [0.2, 0.25) is 0 Å². The molecule has 0 atom stereocenters. The third kappa shape index (κ3) is 3.08. The van der Waals surface area contributed by atoms with Crippen LogP contribution in [-0.2, 0) is 6.42 Å². The van der Waals surface area contributed by atoms with Crippen molar-refractivity contribution in [2.45, 2.75) is 52.9 Å². The van der Waals surface area contributed by atoms with Crippen molar-refractivity contribution >= 4 is 11.3 Å². The Labute approximate surface area is 109 Å². The Kier molecular flexibility index (Phi) is 4.21. The highest BCUT2D eigenvalue weighted by atomic mass is 32.1. The van der Waals surface area contributed by atoms with Crippen molar-refractivity contribution in [3.8, 4) is 0 Å². The fraction of sp³-hybridized carbons (Fsp3) is 0.786. The Bertz CT molecular complexity index is 347. The van der Waals surface area contributed by atoms with Gasteiger partial charge in [0.15, 0.2) is 0 Å². The molecule has 1 aromatic heterocycles. The van der Waals surface area contributed by atoms with E-state index in [2.05, 4.69) is 26.1 Å². The van der Waals surface area contributed by atoms with Crippen molar-refractivity contribution < 1.29 is 0 Å². The van der Waals surface area contributed by atoms with Gasteiger partial charge >= 0.3 is 0 Å². The summed E-state index contributed by atoms with van der Waals surface area (Å²) in [6.07, 6.45) is 6.56. The number of rotatable bonds is 6. The summed E-state index contributed by atoms with van der Waals surface area (Å²) < 4.78 is 0. The lowest BCUT2D eigenvalue weighted by Crippen LogP contribution is -2.41. The van der Waals surface area contributed by atoms with E-state index in [1.165, 1.54) is 54.2 Å². The maximum atomic E-state index is 4.70. The number of nitrogens with one attached hydrogen (secondary N) is 1. The molecule has 0 saturated heterocycles. The molecule has 2 rings (SSSR count). The molecule has 0 bridgehead atoms. The van der Waals surface area contributed by atoms with Gasteiger partial charge < -0.3 is 5.32 Å². The molecular weight excluding hydrogens is 228 g/mol. The van der Waals surface area contributed by atoms with Gasteiger partial charge in [0.1, 0.15) is 0 Å². The Morgan fingerprint density at radius 3 is 2.59 bits per heavy atom. The minimum absolute atomic E-state index is 0.520. The van der Waals surface area contributed by atoms with Gasteiger partial charge in [-0.1, -0.05) is 13.3 Å². The van der Waals surface area contributed by atoms with Crippen LogP contribution in [0, 0.1) is 19.3 Å². The summed E-state index contributed by atoms with van der Waals surface area (Å²) in [7, 11) is 0. The molecule has 1 heterocycles. The number of aryl methyl sites for hydroxylation is 2. The lowest BCUT2D eigenvalue weighted by Gasteiger charge is -2.41. The zero-order valence-corrected chi connectivity index (χ0v) is 12.1. The summed E-state index contributed by atoms with van der Waals surface area (Å²) >= 11 is 1.89. The minimum Gasteiger partial charge on any atom is -0.316 e. The van der Waals surface area contributed by atoms with Crippen molar-refractivity contribution in [3.63, 3.8) is 0 Å². The summed E-state index contributed by atoms with van der Waals surface area (Å²) in [6, 6.07) is 0. The number of hydrogen-bond donors (Lipinski definition) is 1. The Morgan fingerprint density at radius 2 is 2.12 bits per heavy atom. The molecule has 1 saturated carbocycles. The molecule has 1 aliphatic rings. The van der Waals surface area contributed by atoms with E-state index >= 15 is 0 Å². The highest BCUT2D eigenvalue weighted by Gasteiger charge is 2.37. The summed E-state index contributed by atoms with van der Waals surface area (Å²) in [5.74, 6) is 0. The van der Waals surface area contributed by atoms with Crippen LogP contribution >= 0.6 is 11.3 Å². The summed E-state index contributed by atoms with van der Waals surface area (Å²) in [5.41, 5.74) is 1.74. The molecular formula is C14H24N2S. The van der Waals surface area contributed by atoms with Crippen LogP contribution < -0.4 is 5.32 Å². The van der Waals surface area contributed by atoms with Gasteiger partial charge in [-0.2, -0.15) is 0 Å². The number of thiazole rings is 1. The predicted octanol–water partition coefficient (Wildman–Crippen LogP) is 3.47. The van der Waals surface area contributed by atoms with Crippen LogP contribution in [0.2, 0.25) is 0 Å². The lowest BCUT2D eigenvalue weighted by molar-refractivity contribution is 0.130.